The molecule has 5 rings (SSSR count). The molecule has 1 atom stereocenters. The number of amides is 2. The van der Waals surface area contributed by atoms with Gasteiger partial charge in [-0.1, -0.05) is 6.07 Å². The molecular weight excluding hydrogens is 444 g/mol. The molecule has 0 radical (unpaired) electrons. The van der Waals surface area contributed by atoms with Gasteiger partial charge in [0.1, 0.15) is 17.5 Å². The van der Waals surface area contributed by atoms with E-state index >= 15 is 0 Å². The number of anilines is 6. The minimum atomic E-state index is -2.67. The Morgan fingerprint density at radius 2 is 2.00 bits per heavy atom. The van der Waals surface area contributed by atoms with Gasteiger partial charge in [-0.25, -0.2) is 15.0 Å². The largest absolute Gasteiger partial charge is 0.369 e. The van der Waals surface area contributed by atoms with Gasteiger partial charge in [0.05, 0.1) is 34.4 Å². The van der Waals surface area contributed by atoms with Crippen LogP contribution in [-0.4, -0.2) is 53.4 Å². The number of carbonyl (C=O) groups is 2. The second-order valence-electron chi connectivity index (χ2n) is 8.77. The third-order valence-corrected chi connectivity index (χ3v) is 6.22. The molecule has 4 heterocycles. The zero-order valence-electron chi connectivity index (χ0n) is 22.7. The summed E-state index contributed by atoms with van der Waals surface area (Å²) in [6.45, 7) is 1.65. The number of hydrogen-bond donors (Lipinski definition) is 3. The molecule has 0 spiro atoms. The topological polar surface area (TPSA) is 115 Å². The zero-order chi connectivity index (χ0) is 27.2. The van der Waals surface area contributed by atoms with Crippen molar-refractivity contribution in [1.82, 2.24) is 20.3 Å². The van der Waals surface area contributed by atoms with Crippen LogP contribution in [0.5, 0.6) is 0 Å². The minimum absolute atomic E-state index is 0.0490. The maximum absolute atomic E-state index is 12.9. The molecular formula is C25H28N8O2. The highest BCUT2D eigenvalue weighted by Gasteiger charge is 2.39. The molecule has 0 aliphatic carbocycles. The third-order valence-electron chi connectivity index (χ3n) is 6.22. The van der Waals surface area contributed by atoms with Gasteiger partial charge in [-0.2, -0.15) is 0 Å². The Morgan fingerprint density at radius 1 is 1.14 bits per heavy atom. The molecule has 1 unspecified atom stereocenters. The first-order valence-electron chi connectivity index (χ1n) is 12.8. The Bertz CT molecular complexity index is 1410. The van der Waals surface area contributed by atoms with Gasteiger partial charge in [0.25, 0.3) is 5.91 Å². The van der Waals surface area contributed by atoms with E-state index in [1.807, 2.05) is 42.4 Å². The number of rotatable bonds is 5. The van der Waals surface area contributed by atoms with Crippen molar-refractivity contribution in [2.75, 3.05) is 41.0 Å². The van der Waals surface area contributed by atoms with E-state index in [-0.39, 0.29) is 17.5 Å². The summed E-state index contributed by atoms with van der Waals surface area (Å²) in [5.41, 5.74) is 3.44. The van der Waals surface area contributed by atoms with E-state index in [1.165, 1.54) is 6.20 Å². The van der Waals surface area contributed by atoms with Crippen LogP contribution in [-0.2, 0) is 4.79 Å². The zero-order valence-corrected chi connectivity index (χ0v) is 19.7. The molecule has 2 aromatic heterocycles. The van der Waals surface area contributed by atoms with Crippen LogP contribution in [0.1, 0.15) is 38.8 Å². The van der Waals surface area contributed by atoms with Crippen molar-refractivity contribution in [2.45, 2.75) is 32.7 Å². The summed E-state index contributed by atoms with van der Waals surface area (Å²) in [7, 11) is 1.96. The summed E-state index contributed by atoms with van der Waals surface area (Å²) in [5.74, 6) is 0.804. The Kier molecular flexibility index (Phi) is 4.84. The van der Waals surface area contributed by atoms with Crippen LogP contribution in [0.3, 0.4) is 0 Å². The highest BCUT2D eigenvalue weighted by Crippen LogP contribution is 2.44. The molecule has 10 heteroatoms. The number of aryl methyl sites for hydroxylation is 2. The molecule has 35 heavy (non-hydrogen) atoms. The number of fused-ring (bicyclic) bond motifs is 3. The lowest BCUT2D eigenvalue weighted by Gasteiger charge is -2.39. The van der Waals surface area contributed by atoms with Crippen LogP contribution in [0, 0.1) is 13.8 Å². The van der Waals surface area contributed by atoms with Crippen molar-refractivity contribution < 1.29 is 13.7 Å². The standard InChI is InChI=1S/C25H28N8O2/c1-14-10-22(29-15(2)28-14)31-21-11-19(17(12-27-21)25(35)26-3)30-18-6-5-7-20-24(18)32(4)13-16-8-9-23(34)33(16)20/h5-7,10-12,16H,8-9,13H2,1-4H3,(H,26,35)(H2,27,28,29,30,31)/i3D3. The Morgan fingerprint density at radius 3 is 2.80 bits per heavy atom. The molecule has 1 aromatic carbocycles. The monoisotopic (exact) mass is 475 g/mol. The first kappa shape index (κ1) is 19.1. The van der Waals surface area contributed by atoms with Crippen LogP contribution >= 0.6 is 0 Å². The highest BCUT2D eigenvalue weighted by molar-refractivity contribution is 6.05. The smallest absolute Gasteiger partial charge is 0.254 e. The van der Waals surface area contributed by atoms with E-state index in [2.05, 4.69) is 30.5 Å². The van der Waals surface area contributed by atoms with Crippen LogP contribution in [0.25, 0.3) is 0 Å². The van der Waals surface area contributed by atoms with E-state index in [0.29, 0.717) is 41.8 Å². The second kappa shape index (κ2) is 8.86. The quantitative estimate of drug-likeness (QED) is 0.515. The lowest BCUT2D eigenvalue weighted by molar-refractivity contribution is -0.117. The highest BCUT2D eigenvalue weighted by atomic mass is 16.2. The molecule has 2 aliphatic rings. The van der Waals surface area contributed by atoms with Gasteiger partial charge in [0, 0.05) is 55.1 Å². The summed E-state index contributed by atoms with van der Waals surface area (Å²) < 4.78 is 22.4. The summed E-state index contributed by atoms with van der Waals surface area (Å²) in [5, 5.41) is 8.46. The molecule has 2 amide bonds. The average molecular weight is 476 g/mol. The number of likely N-dealkylation sites (N-methyl/N-ethyl adjacent to an activating group) is 1. The molecule has 180 valence electrons. The van der Waals surface area contributed by atoms with Crippen molar-refractivity contribution >= 4 is 46.2 Å². The lowest BCUT2D eigenvalue weighted by Crippen LogP contribution is -2.46. The first-order chi connectivity index (χ1) is 18.0. The first-order valence-corrected chi connectivity index (χ1v) is 11.3. The number of hydrogen-bond acceptors (Lipinski definition) is 8. The SMILES string of the molecule is [2H]C([2H])([2H])NC(=O)c1cnc(Nc2cc(C)nc(C)n2)cc1Nc1cccc2c1N(C)CC1CCC(=O)N21. The van der Waals surface area contributed by atoms with Gasteiger partial charge in [-0.15, -0.1) is 0 Å². The number of benzene rings is 1. The molecule has 2 aliphatic heterocycles. The van der Waals surface area contributed by atoms with Gasteiger partial charge < -0.3 is 25.8 Å². The Balaban J connectivity index is 1.55. The predicted molar refractivity (Wildman–Crippen MR) is 136 cm³/mol. The number of aromatic nitrogens is 3. The van der Waals surface area contributed by atoms with Crippen molar-refractivity contribution in [3.8, 4) is 0 Å². The maximum Gasteiger partial charge on any atom is 0.254 e. The average Bonchev–Trinajstić information content (AvgIpc) is 3.18. The lowest BCUT2D eigenvalue weighted by atomic mass is 10.1. The molecule has 3 aromatic rings. The Hall–Kier alpha value is -4.21. The second-order valence-corrected chi connectivity index (χ2v) is 8.77. The number of nitrogens with zero attached hydrogens (tertiary/aromatic N) is 5. The third kappa shape index (κ3) is 4.23. The minimum Gasteiger partial charge on any atom is -0.369 e. The van der Waals surface area contributed by atoms with Gasteiger partial charge in [-0.05, 0) is 32.4 Å². The fourth-order valence-corrected chi connectivity index (χ4v) is 4.82. The van der Waals surface area contributed by atoms with E-state index in [4.69, 9.17) is 4.11 Å². The molecule has 0 bridgehead atoms. The van der Waals surface area contributed by atoms with E-state index in [1.54, 1.807) is 19.1 Å². The van der Waals surface area contributed by atoms with E-state index in [9.17, 15) is 9.59 Å². The van der Waals surface area contributed by atoms with Crippen LogP contribution < -0.4 is 25.8 Å². The number of pyridine rings is 1. The summed E-state index contributed by atoms with van der Waals surface area (Å²) in [6.07, 6.45) is 2.63. The number of carbonyl (C=O) groups excluding carboxylic acids is 2. The molecule has 10 nitrogen and oxygen atoms in total. The summed E-state index contributed by atoms with van der Waals surface area (Å²) >= 11 is 0. The molecule has 1 fully saturated rings. The van der Waals surface area contributed by atoms with Crippen LogP contribution in [0.15, 0.2) is 36.5 Å². The maximum atomic E-state index is 12.9. The summed E-state index contributed by atoms with van der Waals surface area (Å²) in [6, 6.07) is 9.11. The van der Waals surface area contributed by atoms with Crippen molar-refractivity contribution in [2.24, 2.45) is 0 Å². The van der Waals surface area contributed by atoms with Gasteiger partial charge in [-0.3, -0.25) is 9.59 Å². The molecule has 0 saturated carbocycles. The van der Waals surface area contributed by atoms with Crippen molar-refractivity contribution in [3.63, 3.8) is 0 Å². The normalized spacial score (nSPS) is 18.2. The fourth-order valence-electron chi connectivity index (χ4n) is 4.82. The number of para-hydroxylation sites is 1. The molecule has 3 N–H and O–H groups in total. The predicted octanol–water partition coefficient (Wildman–Crippen LogP) is 3.28. The van der Waals surface area contributed by atoms with Crippen LogP contribution in [0.2, 0.25) is 0 Å². The van der Waals surface area contributed by atoms with Crippen LogP contribution in [0.4, 0.5) is 34.4 Å². The van der Waals surface area contributed by atoms with Crippen molar-refractivity contribution in [3.05, 3.63) is 53.6 Å². The van der Waals surface area contributed by atoms with E-state index in [0.717, 1.165) is 23.5 Å². The Labute approximate surface area is 208 Å². The molecule has 1 saturated heterocycles. The number of nitrogens with one attached hydrogen (secondary N) is 3. The van der Waals surface area contributed by atoms with Crippen molar-refractivity contribution in [1.29, 1.82) is 0 Å². The van der Waals surface area contributed by atoms with Gasteiger partial charge >= 0.3 is 0 Å². The van der Waals surface area contributed by atoms with Gasteiger partial charge in [0.2, 0.25) is 5.91 Å². The fraction of sp³-hybridized carbons (Fsp3) is 0.320. The van der Waals surface area contributed by atoms with E-state index < -0.39 is 12.9 Å². The van der Waals surface area contributed by atoms with Gasteiger partial charge in [0.15, 0.2) is 0 Å². The summed E-state index contributed by atoms with van der Waals surface area (Å²) in [4.78, 5) is 42.5.